The number of ether oxygens (including phenoxy) is 1. The lowest BCUT2D eigenvalue weighted by Gasteiger charge is -1.96. The molecule has 25 heavy (non-hydrogen) atoms. The van der Waals surface area contributed by atoms with E-state index in [0.29, 0.717) is 10.7 Å². The van der Waals surface area contributed by atoms with Crippen molar-refractivity contribution in [3.8, 4) is 5.75 Å². The Morgan fingerprint density at radius 2 is 2.04 bits per heavy atom. The number of nitro groups is 1. The van der Waals surface area contributed by atoms with Crippen LogP contribution in [0.25, 0.3) is 16.3 Å². The van der Waals surface area contributed by atoms with Gasteiger partial charge in [-0.3, -0.25) is 20.2 Å². The van der Waals surface area contributed by atoms with Crippen molar-refractivity contribution in [3.05, 3.63) is 64.2 Å². The summed E-state index contributed by atoms with van der Waals surface area (Å²) in [7, 11) is 1.59. The smallest absolute Gasteiger partial charge is 0.269 e. The van der Waals surface area contributed by atoms with Gasteiger partial charge in [0.2, 0.25) is 5.91 Å². The van der Waals surface area contributed by atoms with E-state index in [1.165, 1.54) is 29.5 Å². The number of thiazole rings is 1. The summed E-state index contributed by atoms with van der Waals surface area (Å²) in [5, 5.41) is 13.8. The van der Waals surface area contributed by atoms with Gasteiger partial charge in [0.05, 0.1) is 22.2 Å². The quantitative estimate of drug-likeness (QED) is 0.426. The van der Waals surface area contributed by atoms with E-state index in [4.69, 9.17) is 4.74 Å². The fourth-order valence-corrected chi connectivity index (χ4v) is 3.01. The number of hydrogen-bond donors (Lipinski definition) is 1. The number of non-ortho nitro benzene ring substituents is 1. The van der Waals surface area contributed by atoms with Crippen molar-refractivity contribution in [3.63, 3.8) is 0 Å². The maximum atomic E-state index is 12.0. The summed E-state index contributed by atoms with van der Waals surface area (Å²) in [5.41, 5.74) is 1.47. The van der Waals surface area contributed by atoms with Gasteiger partial charge in [-0.2, -0.15) is 0 Å². The van der Waals surface area contributed by atoms with Gasteiger partial charge in [-0.05, 0) is 42.0 Å². The number of carbonyl (C=O) groups excluding carboxylic acids is 1. The highest BCUT2D eigenvalue weighted by atomic mass is 32.1. The first-order chi connectivity index (χ1) is 12.0. The van der Waals surface area contributed by atoms with E-state index in [9.17, 15) is 14.9 Å². The molecule has 0 saturated heterocycles. The molecule has 1 N–H and O–H groups in total. The van der Waals surface area contributed by atoms with Gasteiger partial charge >= 0.3 is 0 Å². The van der Waals surface area contributed by atoms with Gasteiger partial charge in [0, 0.05) is 18.2 Å². The van der Waals surface area contributed by atoms with E-state index < -0.39 is 4.92 Å². The lowest BCUT2D eigenvalue weighted by Crippen LogP contribution is -2.07. The molecule has 2 aromatic carbocycles. The van der Waals surface area contributed by atoms with Crippen LogP contribution in [0, 0.1) is 10.1 Å². The average Bonchev–Trinajstić information content (AvgIpc) is 3.01. The van der Waals surface area contributed by atoms with Crippen LogP contribution >= 0.6 is 11.3 Å². The molecule has 0 aliphatic heterocycles. The van der Waals surface area contributed by atoms with Crippen molar-refractivity contribution in [1.82, 2.24) is 4.98 Å². The standard InChI is InChI=1S/C17H13N3O4S/c1-24-13-7-8-14-15(10-13)25-17(18-14)19-16(21)9-4-11-2-5-12(6-3-11)20(22)23/h2-10H,1H3,(H,18,19,21). The number of fused-ring (bicyclic) bond motifs is 1. The third-order valence-corrected chi connectivity index (χ3v) is 4.29. The molecule has 1 aromatic heterocycles. The molecule has 3 aromatic rings. The molecule has 0 atom stereocenters. The van der Waals surface area contributed by atoms with E-state index >= 15 is 0 Å². The summed E-state index contributed by atoms with van der Waals surface area (Å²) in [5.74, 6) is 0.400. The average molecular weight is 355 g/mol. The zero-order valence-corrected chi connectivity index (χ0v) is 13.9. The van der Waals surface area contributed by atoms with Gasteiger partial charge in [0.25, 0.3) is 5.69 Å². The summed E-state index contributed by atoms with van der Waals surface area (Å²) in [6, 6.07) is 11.4. The van der Waals surface area contributed by atoms with Crippen LogP contribution in [0.2, 0.25) is 0 Å². The Kier molecular flexibility index (Phi) is 4.71. The van der Waals surface area contributed by atoms with Crippen LogP contribution < -0.4 is 10.1 Å². The molecule has 0 radical (unpaired) electrons. The van der Waals surface area contributed by atoms with Crippen LogP contribution in [0.5, 0.6) is 5.75 Å². The highest BCUT2D eigenvalue weighted by Gasteiger charge is 2.07. The number of methoxy groups -OCH3 is 1. The van der Waals surface area contributed by atoms with Gasteiger partial charge in [0.15, 0.2) is 5.13 Å². The van der Waals surface area contributed by atoms with E-state index in [2.05, 4.69) is 10.3 Å². The highest BCUT2D eigenvalue weighted by Crippen LogP contribution is 2.29. The molecule has 0 aliphatic carbocycles. The van der Waals surface area contributed by atoms with Crippen LogP contribution in [0.15, 0.2) is 48.5 Å². The van der Waals surface area contributed by atoms with Gasteiger partial charge in [-0.15, -0.1) is 0 Å². The zero-order valence-electron chi connectivity index (χ0n) is 13.1. The van der Waals surface area contributed by atoms with Crippen molar-refractivity contribution >= 4 is 44.4 Å². The number of aromatic nitrogens is 1. The van der Waals surface area contributed by atoms with Crippen LogP contribution in [-0.2, 0) is 4.79 Å². The molecule has 0 unspecified atom stereocenters. The molecular weight excluding hydrogens is 342 g/mol. The number of hydrogen-bond acceptors (Lipinski definition) is 6. The highest BCUT2D eigenvalue weighted by molar-refractivity contribution is 7.22. The Morgan fingerprint density at radius 3 is 2.72 bits per heavy atom. The Morgan fingerprint density at radius 1 is 1.28 bits per heavy atom. The second-order valence-corrected chi connectivity index (χ2v) is 6.05. The van der Waals surface area contributed by atoms with E-state index in [-0.39, 0.29) is 11.6 Å². The van der Waals surface area contributed by atoms with Gasteiger partial charge < -0.3 is 4.74 Å². The Labute approximate surface area is 146 Å². The maximum Gasteiger partial charge on any atom is 0.269 e. The van der Waals surface area contributed by atoms with Crippen LogP contribution in [0.4, 0.5) is 10.8 Å². The zero-order chi connectivity index (χ0) is 17.8. The topological polar surface area (TPSA) is 94.4 Å². The SMILES string of the molecule is COc1ccc2nc(NC(=O)C=Cc3ccc([N+](=O)[O-])cc3)sc2c1. The maximum absolute atomic E-state index is 12.0. The molecule has 7 nitrogen and oxygen atoms in total. The van der Waals surface area contributed by atoms with Crippen molar-refractivity contribution < 1.29 is 14.5 Å². The second kappa shape index (κ2) is 7.10. The minimum Gasteiger partial charge on any atom is -0.497 e. The van der Waals surface area contributed by atoms with Crippen LogP contribution in [-0.4, -0.2) is 22.9 Å². The van der Waals surface area contributed by atoms with E-state index in [0.717, 1.165) is 16.0 Å². The second-order valence-electron chi connectivity index (χ2n) is 5.02. The third kappa shape index (κ3) is 3.99. The number of nitrogens with one attached hydrogen (secondary N) is 1. The molecule has 0 bridgehead atoms. The number of carbonyl (C=O) groups is 1. The van der Waals surface area contributed by atoms with Crippen molar-refractivity contribution in [2.45, 2.75) is 0 Å². The fourth-order valence-electron chi connectivity index (χ4n) is 2.11. The first-order valence-corrected chi connectivity index (χ1v) is 8.05. The summed E-state index contributed by atoms with van der Waals surface area (Å²) < 4.78 is 6.07. The molecule has 0 spiro atoms. The van der Waals surface area contributed by atoms with Crippen LogP contribution in [0.3, 0.4) is 0 Å². The number of anilines is 1. The monoisotopic (exact) mass is 355 g/mol. The molecule has 3 rings (SSSR count). The number of nitrogens with zero attached hydrogens (tertiary/aromatic N) is 2. The summed E-state index contributed by atoms with van der Waals surface area (Å²) in [6.07, 6.45) is 2.93. The minimum absolute atomic E-state index is 0.00602. The van der Waals surface area contributed by atoms with Crippen LogP contribution in [0.1, 0.15) is 5.56 Å². The first kappa shape index (κ1) is 16.6. The molecule has 0 saturated carbocycles. The predicted octanol–water partition coefficient (Wildman–Crippen LogP) is 3.87. The fraction of sp³-hybridized carbons (Fsp3) is 0.0588. The summed E-state index contributed by atoms with van der Waals surface area (Å²) in [6.45, 7) is 0. The van der Waals surface area contributed by atoms with Gasteiger partial charge in [0.1, 0.15) is 5.75 Å². The Bertz CT molecular complexity index is 964. The van der Waals surface area contributed by atoms with E-state index in [1.807, 2.05) is 18.2 Å². The van der Waals surface area contributed by atoms with Crippen molar-refractivity contribution in [1.29, 1.82) is 0 Å². The first-order valence-electron chi connectivity index (χ1n) is 7.23. The minimum atomic E-state index is -0.470. The molecule has 0 fully saturated rings. The molecule has 126 valence electrons. The largest absolute Gasteiger partial charge is 0.497 e. The summed E-state index contributed by atoms with van der Waals surface area (Å²) >= 11 is 1.35. The Hall–Kier alpha value is -3.26. The number of amides is 1. The number of benzene rings is 2. The van der Waals surface area contributed by atoms with Crippen molar-refractivity contribution in [2.24, 2.45) is 0 Å². The molecule has 0 aliphatic rings. The van der Waals surface area contributed by atoms with Crippen molar-refractivity contribution in [2.75, 3.05) is 12.4 Å². The molecule has 8 heteroatoms. The lowest BCUT2D eigenvalue weighted by atomic mass is 10.2. The van der Waals surface area contributed by atoms with Gasteiger partial charge in [-0.1, -0.05) is 11.3 Å². The Balaban J connectivity index is 1.68. The number of rotatable bonds is 5. The number of nitro benzene ring substituents is 1. The normalized spacial score (nSPS) is 10.9. The lowest BCUT2D eigenvalue weighted by molar-refractivity contribution is -0.384. The molecule has 1 amide bonds. The molecule has 1 heterocycles. The third-order valence-electron chi connectivity index (χ3n) is 3.36. The van der Waals surface area contributed by atoms with E-state index in [1.54, 1.807) is 25.3 Å². The predicted molar refractivity (Wildman–Crippen MR) is 96.9 cm³/mol. The van der Waals surface area contributed by atoms with Gasteiger partial charge in [-0.25, -0.2) is 4.98 Å². The summed E-state index contributed by atoms with van der Waals surface area (Å²) in [4.78, 5) is 26.5. The molecular formula is C17H13N3O4S.